The Bertz CT molecular complexity index is 733. The molecule has 0 atom stereocenters. The highest BCUT2D eigenvalue weighted by molar-refractivity contribution is 6.03. The number of hydrogen-bond acceptors (Lipinski definition) is 3. The molecule has 0 fully saturated rings. The fourth-order valence-electron chi connectivity index (χ4n) is 2.73. The second kappa shape index (κ2) is 7.77. The van der Waals surface area contributed by atoms with E-state index in [1.165, 1.54) is 0 Å². The average Bonchev–Trinajstić information content (AvgIpc) is 2.90. The summed E-state index contributed by atoms with van der Waals surface area (Å²) in [4.78, 5) is 23.2. The smallest absolute Gasteiger partial charge is 0.307 e. The van der Waals surface area contributed by atoms with Gasteiger partial charge in [0.1, 0.15) is 0 Å². The zero-order chi connectivity index (χ0) is 17.7. The number of anilines is 1. The molecule has 1 heterocycles. The van der Waals surface area contributed by atoms with E-state index in [0.29, 0.717) is 16.9 Å². The SMILES string of the molecule is CCC(CC)n1nc(C(=O)Nc2cccc(CC(=O)O)c2)cc1C. The van der Waals surface area contributed by atoms with Crippen molar-refractivity contribution in [3.63, 3.8) is 0 Å². The van der Waals surface area contributed by atoms with Crippen LogP contribution < -0.4 is 5.32 Å². The minimum absolute atomic E-state index is 0.0773. The molecule has 0 aliphatic rings. The van der Waals surface area contributed by atoms with Crippen molar-refractivity contribution >= 4 is 17.6 Å². The molecular formula is C18H23N3O3. The van der Waals surface area contributed by atoms with Crippen molar-refractivity contribution < 1.29 is 14.7 Å². The molecule has 2 aromatic rings. The number of nitrogens with one attached hydrogen (secondary N) is 1. The van der Waals surface area contributed by atoms with Gasteiger partial charge in [-0.2, -0.15) is 5.10 Å². The molecule has 2 rings (SSSR count). The lowest BCUT2D eigenvalue weighted by molar-refractivity contribution is -0.136. The molecule has 0 aliphatic carbocycles. The van der Waals surface area contributed by atoms with Crippen LogP contribution in [0, 0.1) is 6.92 Å². The van der Waals surface area contributed by atoms with Gasteiger partial charge in [0.15, 0.2) is 5.69 Å². The zero-order valence-electron chi connectivity index (χ0n) is 14.2. The second-order valence-electron chi connectivity index (χ2n) is 5.81. The van der Waals surface area contributed by atoms with Crippen LogP contribution in [0.15, 0.2) is 30.3 Å². The molecule has 24 heavy (non-hydrogen) atoms. The number of amides is 1. The standard InChI is InChI=1S/C18H23N3O3/c1-4-15(5-2)21-12(3)9-16(20-21)18(24)19-14-8-6-7-13(10-14)11-17(22)23/h6-10,15H,4-5,11H2,1-3H3,(H,19,24)(H,22,23). The molecule has 6 nitrogen and oxygen atoms in total. The predicted octanol–water partition coefficient (Wildman–Crippen LogP) is 3.43. The van der Waals surface area contributed by atoms with Crippen molar-refractivity contribution in [2.75, 3.05) is 5.32 Å². The van der Waals surface area contributed by atoms with Gasteiger partial charge in [-0.3, -0.25) is 14.3 Å². The fraction of sp³-hybridized carbons (Fsp3) is 0.389. The van der Waals surface area contributed by atoms with Gasteiger partial charge in [-0.1, -0.05) is 26.0 Å². The summed E-state index contributed by atoms with van der Waals surface area (Å²) >= 11 is 0. The van der Waals surface area contributed by atoms with E-state index >= 15 is 0 Å². The summed E-state index contributed by atoms with van der Waals surface area (Å²) in [6, 6.07) is 8.89. The van der Waals surface area contributed by atoms with Gasteiger partial charge in [-0.15, -0.1) is 0 Å². The molecule has 0 saturated heterocycles. The van der Waals surface area contributed by atoms with Gasteiger partial charge in [0.25, 0.3) is 5.91 Å². The van der Waals surface area contributed by atoms with E-state index < -0.39 is 5.97 Å². The van der Waals surface area contributed by atoms with Crippen molar-refractivity contribution in [3.05, 3.63) is 47.3 Å². The Morgan fingerprint density at radius 3 is 2.58 bits per heavy atom. The van der Waals surface area contributed by atoms with Crippen LogP contribution in [-0.2, 0) is 11.2 Å². The molecular weight excluding hydrogens is 306 g/mol. The first-order chi connectivity index (χ1) is 11.4. The zero-order valence-corrected chi connectivity index (χ0v) is 14.2. The van der Waals surface area contributed by atoms with Crippen LogP contribution >= 0.6 is 0 Å². The van der Waals surface area contributed by atoms with Crippen LogP contribution in [0.25, 0.3) is 0 Å². The molecule has 0 aliphatic heterocycles. The van der Waals surface area contributed by atoms with Gasteiger partial charge in [0, 0.05) is 11.4 Å². The average molecular weight is 329 g/mol. The number of carboxylic acid groups (broad SMARTS) is 1. The molecule has 0 spiro atoms. The molecule has 6 heteroatoms. The van der Waals surface area contributed by atoms with E-state index in [-0.39, 0.29) is 18.4 Å². The third-order valence-electron chi connectivity index (χ3n) is 3.98. The maximum Gasteiger partial charge on any atom is 0.307 e. The molecule has 1 amide bonds. The number of benzene rings is 1. The Labute approximate surface area is 141 Å². The Hall–Kier alpha value is -2.63. The highest BCUT2D eigenvalue weighted by atomic mass is 16.4. The number of aliphatic carboxylic acids is 1. The van der Waals surface area contributed by atoms with Crippen LogP contribution in [0.4, 0.5) is 5.69 Å². The lowest BCUT2D eigenvalue weighted by atomic mass is 10.1. The van der Waals surface area contributed by atoms with Crippen molar-refractivity contribution in [2.45, 2.75) is 46.1 Å². The number of aryl methyl sites for hydroxylation is 1. The Kier molecular flexibility index (Phi) is 5.73. The molecule has 1 aromatic carbocycles. The Balaban J connectivity index is 2.15. The topological polar surface area (TPSA) is 84.2 Å². The maximum absolute atomic E-state index is 12.4. The van der Waals surface area contributed by atoms with E-state index in [1.807, 2.05) is 11.6 Å². The molecule has 2 N–H and O–H groups in total. The van der Waals surface area contributed by atoms with Crippen molar-refractivity contribution in [1.82, 2.24) is 9.78 Å². The highest BCUT2D eigenvalue weighted by Gasteiger charge is 2.16. The van der Waals surface area contributed by atoms with Gasteiger partial charge in [0.05, 0.1) is 12.5 Å². The number of carboxylic acids is 1. The first-order valence-corrected chi connectivity index (χ1v) is 8.12. The van der Waals surface area contributed by atoms with Gasteiger partial charge in [-0.05, 0) is 43.5 Å². The molecule has 1 aromatic heterocycles. The van der Waals surface area contributed by atoms with Crippen LogP contribution in [0.3, 0.4) is 0 Å². The summed E-state index contributed by atoms with van der Waals surface area (Å²) in [5, 5.41) is 16.1. The highest BCUT2D eigenvalue weighted by Crippen LogP contribution is 2.19. The monoisotopic (exact) mass is 329 g/mol. The van der Waals surface area contributed by atoms with Crippen LogP contribution in [0.2, 0.25) is 0 Å². The minimum atomic E-state index is -0.905. The summed E-state index contributed by atoms with van der Waals surface area (Å²) in [6.07, 6.45) is 1.83. The Morgan fingerprint density at radius 1 is 1.25 bits per heavy atom. The van der Waals surface area contributed by atoms with E-state index in [1.54, 1.807) is 30.3 Å². The number of rotatable bonds is 7. The number of carbonyl (C=O) groups excluding carboxylic acids is 1. The predicted molar refractivity (Wildman–Crippen MR) is 92.3 cm³/mol. The van der Waals surface area contributed by atoms with E-state index in [2.05, 4.69) is 24.3 Å². The molecule has 128 valence electrons. The first kappa shape index (κ1) is 17.7. The van der Waals surface area contributed by atoms with E-state index in [0.717, 1.165) is 18.5 Å². The van der Waals surface area contributed by atoms with E-state index in [4.69, 9.17) is 5.11 Å². The fourth-order valence-corrected chi connectivity index (χ4v) is 2.73. The number of aromatic nitrogens is 2. The quantitative estimate of drug-likeness (QED) is 0.815. The van der Waals surface area contributed by atoms with Gasteiger partial charge in [0.2, 0.25) is 0 Å². The summed E-state index contributed by atoms with van der Waals surface area (Å²) in [7, 11) is 0. The van der Waals surface area contributed by atoms with Crippen molar-refractivity contribution in [3.8, 4) is 0 Å². The number of carbonyl (C=O) groups is 2. The second-order valence-corrected chi connectivity index (χ2v) is 5.81. The van der Waals surface area contributed by atoms with Gasteiger partial charge in [-0.25, -0.2) is 0 Å². The lowest BCUT2D eigenvalue weighted by Crippen LogP contribution is -2.15. The first-order valence-electron chi connectivity index (χ1n) is 8.12. The summed E-state index contributed by atoms with van der Waals surface area (Å²) in [6.45, 7) is 6.14. The number of nitrogens with zero attached hydrogens (tertiary/aromatic N) is 2. The molecule has 0 radical (unpaired) electrons. The minimum Gasteiger partial charge on any atom is -0.481 e. The summed E-state index contributed by atoms with van der Waals surface area (Å²) < 4.78 is 1.90. The van der Waals surface area contributed by atoms with Gasteiger partial charge >= 0.3 is 5.97 Å². The lowest BCUT2D eigenvalue weighted by Gasteiger charge is -2.14. The van der Waals surface area contributed by atoms with Crippen LogP contribution in [0.1, 0.15) is 54.5 Å². The summed E-state index contributed by atoms with van der Waals surface area (Å²) in [5.41, 5.74) is 2.52. The molecule has 0 saturated carbocycles. The summed E-state index contributed by atoms with van der Waals surface area (Å²) in [5.74, 6) is -1.20. The normalized spacial score (nSPS) is 10.8. The largest absolute Gasteiger partial charge is 0.481 e. The van der Waals surface area contributed by atoms with Crippen molar-refractivity contribution in [1.29, 1.82) is 0 Å². The Morgan fingerprint density at radius 2 is 1.96 bits per heavy atom. The third kappa shape index (κ3) is 4.22. The van der Waals surface area contributed by atoms with Crippen LogP contribution in [0.5, 0.6) is 0 Å². The van der Waals surface area contributed by atoms with Gasteiger partial charge < -0.3 is 10.4 Å². The van der Waals surface area contributed by atoms with Crippen molar-refractivity contribution in [2.24, 2.45) is 0 Å². The molecule has 0 unspecified atom stereocenters. The third-order valence-corrected chi connectivity index (χ3v) is 3.98. The van der Waals surface area contributed by atoms with Crippen LogP contribution in [-0.4, -0.2) is 26.8 Å². The number of hydrogen-bond donors (Lipinski definition) is 2. The van der Waals surface area contributed by atoms with E-state index in [9.17, 15) is 9.59 Å². The molecule has 0 bridgehead atoms. The maximum atomic E-state index is 12.4.